The highest BCUT2D eigenvalue weighted by Gasteiger charge is 2.13. The van der Waals surface area contributed by atoms with E-state index in [1.54, 1.807) is 0 Å². The predicted octanol–water partition coefficient (Wildman–Crippen LogP) is 6.76. The minimum atomic E-state index is -0.186. The summed E-state index contributed by atoms with van der Waals surface area (Å²) >= 11 is 1.86. The van der Waals surface area contributed by atoms with Gasteiger partial charge in [0.25, 0.3) is 0 Å². The second-order valence-corrected chi connectivity index (χ2v) is 8.88. The second kappa shape index (κ2) is 22.1. The van der Waals surface area contributed by atoms with Gasteiger partial charge in [0.2, 0.25) is 0 Å². The van der Waals surface area contributed by atoms with Crippen LogP contribution in [0.3, 0.4) is 0 Å². The van der Waals surface area contributed by atoms with Gasteiger partial charge in [-0.05, 0) is 24.9 Å². The molecule has 0 saturated heterocycles. The summed E-state index contributed by atoms with van der Waals surface area (Å²) < 4.78 is 4.95. The van der Waals surface area contributed by atoms with Gasteiger partial charge in [0.05, 0.1) is 13.0 Å². The molecule has 0 fully saturated rings. The lowest BCUT2D eigenvalue weighted by molar-refractivity contribution is -0.144. The van der Waals surface area contributed by atoms with Crippen molar-refractivity contribution in [2.75, 3.05) is 24.7 Å². The molecular weight excluding hydrogens is 356 g/mol. The maximum Gasteiger partial charge on any atom is 0.306 e. The molecule has 162 valence electrons. The Hall–Kier alpha value is -0.220. The molecule has 0 aliphatic heterocycles. The van der Waals surface area contributed by atoms with Crippen molar-refractivity contribution in [1.29, 1.82) is 0 Å². The van der Waals surface area contributed by atoms with Gasteiger partial charge in [-0.25, -0.2) is 0 Å². The van der Waals surface area contributed by atoms with Gasteiger partial charge in [-0.1, -0.05) is 90.4 Å². The zero-order valence-electron chi connectivity index (χ0n) is 18.2. The van der Waals surface area contributed by atoms with Crippen LogP contribution in [-0.4, -0.2) is 35.8 Å². The molecule has 0 saturated carbocycles. The number of unbranched alkanes of at least 4 members (excludes halogenated alkanes) is 13. The molecule has 4 heteroatoms. The first kappa shape index (κ1) is 26.8. The SMILES string of the molecule is CCCCCCCCCCCCCCCCSCC(CO)CC(=O)OCC. The minimum absolute atomic E-state index is 0.0423. The summed E-state index contributed by atoms with van der Waals surface area (Å²) in [6, 6.07) is 0. The molecular formula is C23H46O3S. The number of aliphatic hydroxyl groups excluding tert-OH is 1. The topological polar surface area (TPSA) is 46.5 Å². The van der Waals surface area contributed by atoms with Crippen molar-refractivity contribution >= 4 is 17.7 Å². The molecule has 0 bridgehead atoms. The summed E-state index contributed by atoms with van der Waals surface area (Å²) in [5.41, 5.74) is 0. The standard InChI is InChI=1S/C23H46O3S/c1-3-5-6-7-8-9-10-11-12-13-14-15-16-17-18-27-21-22(20-24)19-23(25)26-4-2/h22,24H,3-21H2,1-2H3. The van der Waals surface area contributed by atoms with E-state index < -0.39 is 0 Å². The average molecular weight is 403 g/mol. The molecule has 0 heterocycles. The van der Waals surface area contributed by atoms with E-state index in [-0.39, 0.29) is 18.5 Å². The van der Waals surface area contributed by atoms with Crippen LogP contribution in [0.4, 0.5) is 0 Å². The molecule has 0 radical (unpaired) electrons. The molecule has 0 aromatic heterocycles. The Morgan fingerprint density at radius 3 is 1.74 bits per heavy atom. The Kier molecular flexibility index (Phi) is 21.9. The van der Waals surface area contributed by atoms with Crippen LogP contribution in [-0.2, 0) is 9.53 Å². The fourth-order valence-corrected chi connectivity index (χ4v) is 4.41. The summed E-state index contributed by atoms with van der Waals surface area (Å²) in [7, 11) is 0. The van der Waals surface area contributed by atoms with E-state index in [9.17, 15) is 9.90 Å². The molecule has 3 nitrogen and oxygen atoms in total. The Balaban J connectivity index is 3.25. The largest absolute Gasteiger partial charge is 0.466 e. The number of carbonyl (C=O) groups excluding carboxylic acids is 1. The predicted molar refractivity (Wildman–Crippen MR) is 119 cm³/mol. The summed E-state index contributed by atoms with van der Waals surface area (Å²) in [5, 5.41) is 9.35. The van der Waals surface area contributed by atoms with E-state index in [4.69, 9.17) is 4.74 Å². The summed E-state index contributed by atoms with van der Waals surface area (Å²) in [5.74, 6) is 1.85. The maximum atomic E-state index is 11.4. The van der Waals surface area contributed by atoms with Crippen LogP contribution >= 0.6 is 11.8 Å². The van der Waals surface area contributed by atoms with Crippen LogP contribution in [0.2, 0.25) is 0 Å². The third-order valence-corrected chi connectivity index (χ3v) is 6.30. The first-order valence-corrected chi connectivity index (χ1v) is 12.7. The molecule has 0 amide bonds. The summed E-state index contributed by atoms with van der Waals surface area (Å²) in [6.07, 6.45) is 19.8. The monoisotopic (exact) mass is 402 g/mol. The van der Waals surface area contributed by atoms with Crippen LogP contribution in [0.15, 0.2) is 0 Å². The first-order chi connectivity index (χ1) is 13.2. The van der Waals surface area contributed by atoms with Crippen molar-refractivity contribution in [2.45, 2.75) is 110 Å². The van der Waals surface area contributed by atoms with Crippen molar-refractivity contribution in [3.05, 3.63) is 0 Å². The Bertz CT molecular complexity index is 310. The minimum Gasteiger partial charge on any atom is -0.466 e. The maximum absolute atomic E-state index is 11.4. The van der Waals surface area contributed by atoms with Crippen molar-refractivity contribution in [3.63, 3.8) is 0 Å². The van der Waals surface area contributed by atoms with Gasteiger partial charge in [-0.2, -0.15) is 11.8 Å². The van der Waals surface area contributed by atoms with Crippen LogP contribution in [0.1, 0.15) is 110 Å². The van der Waals surface area contributed by atoms with Gasteiger partial charge in [-0.3, -0.25) is 4.79 Å². The van der Waals surface area contributed by atoms with E-state index in [0.29, 0.717) is 13.0 Å². The van der Waals surface area contributed by atoms with Crippen LogP contribution in [0.25, 0.3) is 0 Å². The van der Waals surface area contributed by atoms with Gasteiger partial charge >= 0.3 is 5.97 Å². The molecule has 0 spiro atoms. The molecule has 0 rings (SSSR count). The third-order valence-electron chi connectivity index (χ3n) is 5.01. The van der Waals surface area contributed by atoms with Gasteiger partial charge in [0, 0.05) is 12.5 Å². The van der Waals surface area contributed by atoms with E-state index >= 15 is 0 Å². The van der Waals surface area contributed by atoms with E-state index in [1.807, 2.05) is 18.7 Å². The molecule has 1 atom stereocenters. The lowest BCUT2D eigenvalue weighted by atomic mass is 10.0. The Labute approximate surface area is 173 Å². The van der Waals surface area contributed by atoms with Crippen molar-refractivity contribution < 1.29 is 14.6 Å². The van der Waals surface area contributed by atoms with Crippen LogP contribution < -0.4 is 0 Å². The van der Waals surface area contributed by atoms with Crippen molar-refractivity contribution in [2.24, 2.45) is 5.92 Å². The number of esters is 1. The highest BCUT2D eigenvalue weighted by atomic mass is 32.2. The zero-order chi connectivity index (χ0) is 20.0. The number of carbonyl (C=O) groups is 1. The number of ether oxygens (including phenoxy) is 1. The normalized spacial score (nSPS) is 12.3. The van der Waals surface area contributed by atoms with Gasteiger partial charge in [0.15, 0.2) is 0 Å². The average Bonchev–Trinajstić information content (AvgIpc) is 2.66. The summed E-state index contributed by atoms with van der Waals surface area (Å²) in [4.78, 5) is 11.4. The van der Waals surface area contributed by atoms with E-state index in [2.05, 4.69) is 6.92 Å². The zero-order valence-corrected chi connectivity index (χ0v) is 19.0. The molecule has 0 aliphatic rings. The number of hydrogen-bond donors (Lipinski definition) is 1. The fraction of sp³-hybridized carbons (Fsp3) is 0.957. The lowest BCUT2D eigenvalue weighted by Gasteiger charge is -2.12. The smallest absolute Gasteiger partial charge is 0.306 e. The Morgan fingerprint density at radius 2 is 1.30 bits per heavy atom. The quantitative estimate of drug-likeness (QED) is 0.170. The number of aliphatic hydroxyl groups is 1. The van der Waals surface area contributed by atoms with Crippen molar-refractivity contribution in [1.82, 2.24) is 0 Å². The van der Waals surface area contributed by atoms with E-state index in [1.165, 1.54) is 89.9 Å². The van der Waals surface area contributed by atoms with Gasteiger partial charge < -0.3 is 9.84 Å². The molecule has 0 aromatic carbocycles. The highest BCUT2D eigenvalue weighted by Crippen LogP contribution is 2.16. The number of rotatable bonds is 21. The highest BCUT2D eigenvalue weighted by molar-refractivity contribution is 7.99. The lowest BCUT2D eigenvalue weighted by Crippen LogP contribution is -2.17. The van der Waals surface area contributed by atoms with Crippen LogP contribution in [0.5, 0.6) is 0 Å². The summed E-state index contributed by atoms with van der Waals surface area (Å²) in [6.45, 7) is 4.59. The molecule has 0 aliphatic carbocycles. The van der Waals surface area contributed by atoms with Gasteiger partial charge in [-0.15, -0.1) is 0 Å². The first-order valence-electron chi connectivity index (χ1n) is 11.6. The second-order valence-electron chi connectivity index (χ2n) is 7.73. The van der Waals surface area contributed by atoms with Crippen LogP contribution in [0, 0.1) is 5.92 Å². The third kappa shape index (κ3) is 20.3. The number of hydrogen-bond acceptors (Lipinski definition) is 4. The molecule has 1 unspecified atom stereocenters. The molecule has 0 aromatic rings. The van der Waals surface area contributed by atoms with Gasteiger partial charge in [0.1, 0.15) is 0 Å². The number of thioether (sulfide) groups is 1. The van der Waals surface area contributed by atoms with Crippen molar-refractivity contribution in [3.8, 4) is 0 Å². The molecule has 27 heavy (non-hydrogen) atoms. The van der Waals surface area contributed by atoms with E-state index in [0.717, 1.165) is 11.5 Å². The fourth-order valence-electron chi connectivity index (χ4n) is 3.28. The molecule has 1 N–H and O–H groups in total. The Morgan fingerprint density at radius 1 is 0.815 bits per heavy atom.